The number of aromatic nitrogens is 7. The maximum Gasteiger partial charge on any atom is 0.164 e. The summed E-state index contributed by atoms with van der Waals surface area (Å²) in [5.41, 5.74) is 3.76. The lowest BCUT2D eigenvalue weighted by molar-refractivity contribution is 0.264. The van der Waals surface area contributed by atoms with Gasteiger partial charge in [-0.1, -0.05) is 11.6 Å². The number of anilines is 1. The summed E-state index contributed by atoms with van der Waals surface area (Å²) in [7, 11) is 0. The summed E-state index contributed by atoms with van der Waals surface area (Å²) in [6.45, 7) is 5.10. The van der Waals surface area contributed by atoms with E-state index < -0.39 is 0 Å². The van der Waals surface area contributed by atoms with E-state index >= 15 is 0 Å². The monoisotopic (exact) mass is 413 g/mol. The molecule has 0 bridgehead atoms. The average molecular weight is 413 g/mol. The molecule has 1 aliphatic rings. The molecule has 4 aromatic heterocycles. The third-order valence-electron chi connectivity index (χ3n) is 5.57. The molecule has 4 aromatic rings. The summed E-state index contributed by atoms with van der Waals surface area (Å²) >= 11 is 0. The van der Waals surface area contributed by atoms with Crippen LogP contribution in [0, 0.1) is 17.2 Å². The highest BCUT2D eigenvalue weighted by Gasteiger charge is 2.20. The first-order chi connectivity index (χ1) is 15.1. The smallest absolute Gasteiger partial charge is 0.164 e. The Hall–Kier alpha value is -3.80. The van der Waals surface area contributed by atoms with Gasteiger partial charge in [0.2, 0.25) is 0 Å². The minimum absolute atomic E-state index is 0.227. The van der Waals surface area contributed by atoms with Gasteiger partial charge in [-0.3, -0.25) is 4.68 Å². The maximum atomic E-state index is 9.10. The van der Waals surface area contributed by atoms with E-state index in [1.54, 1.807) is 29.3 Å². The first kappa shape index (κ1) is 19.2. The van der Waals surface area contributed by atoms with Crippen molar-refractivity contribution in [3.05, 3.63) is 42.5 Å². The van der Waals surface area contributed by atoms with Crippen molar-refractivity contribution in [2.45, 2.75) is 45.7 Å². The molecule has 0 spiro atoms. The van der Waals surface area contributed by atoms with Crippen LogP contribution in [-0.2, 0) is 6.54 Å². The Labute approximate surface area is 179 Å². The molecule has 0 amide bonds. The SMILES string of the molecule is CC(C)Nc1cc(-n2ncc3cc(C#N)cnc32)ncc1-c1cn(CC2CCC2)nn1. The molecule has 0 radical (unpaired) electrons. The fraction of sp³-hybridized carbons (Fsp3) is 0.364. The third kappa shape index (κ3) is 3.72. The Kier molecular flexibility index (Phi) is 4.82. The fourth-order valence-corrected chi connectivity index (χ4v) is 3.80. The predicted octanol–water partition coefficient (Wildman–Crippen LogP) is 3.57. The number of nitrogens with zero attached hydrogens (tertiary/aromatic N) is 8. The highest BCUT2D eigenvalue weighted by molar-refractivity contribution is 5.79. The summed E-state index contributed by atoms with van der Waals surface area (Å²) in [6, 6.07) is 6.05. The largest absolute Gasteiger partial charge is 0.382 e. The number of hydrogen-bond donors (Lipinski definition) is 1. The number of nitrogens with one attached hydrogen (secondary N) is 1. The van der Waals surface area contributed by atoms with Gasteiger partial charge in [0, 0.05) is 47.7 Å². The molecule has 156 valence electrons. The minimum atomic E-state index is 0.227. The summed E-state index contributed by atoms with van der Waals surface area (Å²) in [5.74, 6) is 1.35. The fourth-order valence-electron chi connectivity index (χ4n) is 3.80. The van der Waals surface area contributed by atoms with Crippen molar-refractivity contribution in [3.63, 3.8) is 0 Å². The quantitative estimate of drug-likeness (QED) is 0.514. The molecular weight excluding hydrogens is 390 g/mol. The Morgan fingerprint density at radius 1 is 1.19 bits per heavy atom. The van der Waals surface area contributed by atoms with Gasteiger partial charge < -0.3 is 5.32 Å². The second-order valence-corrected chi connectivity index (χ2v) is 8.31. The molecular formula is C22H23N9. The summed E-state index contributed by atoms with van der Waals surface area (Å²) in [4.78, 5) is 9.03. The second-order valence-electron chi connectivity index (χ2n) is 8.31. The lowest BCUT2D eigenvalue weighted by Crippen LogP contribution is -2.18. The summed E-state index contributed by atoms with van der Waals surface area (Å²) < 4.78 is 3.61. The molecule has 0 aromatic carbocycles. The van der Waals surface area contributed by atoms with E-state index in [4.69, 9.17) is 5.26 Å². The first-order valence-electron chi connectivity index (χ1n) is 10.5. The van der Waals surface area contributed by atoms with Crippen molar-refractivity contribution in [2.75, 3.05) is 5.32 Å². The number of pyridine rings is 2. The molecule has 1 N–H and O–H groups in total. The minimum Gasteiger partial charge on any atom is -0.382 e. The van der Waals surface area contributed by atoms with Crippen molar-refractivity contribution in [2.24, 2.45) is 5.92 Å². The molecule has 0 atom stereocenters. The van der Waals surface area contributed by atoms with Crippen molar-refractivity contribution < 1.29 is 0 Å². The first-order valence-corrected chi connectivity index (χ1v) is 10.5. The Balaban J connectivity index is 1.52. The lowest BCUT2D eigenvalue weighted by Gasteiger charge is -2.24. The number of hydrogen-bond acceptors (Lipinski definition) is 7. The van der Waals surface area contributed by atoms with E-state index in [-0.39, 0.29) is 6.04 Å². The van der Waals surface area contributed by atoms with E-state index in [1.165, 1.54) is 19.3 Å². The molecule has 1 aliphatic carbocycles. The van der Waals surface area contributed by atoms with Crippen LogP contribution < -0.4 is 5.32 Å². The maximum absolute atomic E-state index is 9.10. The van der Waals surface area contributed by atoms with E-state index in [1.807, 2.05) is 16.9 Å². The van der Waals surface area contributed by atoms with Crippen LogP contribution in [0.2, 0.25) is 0 Å². The van der Waals surface area contributed by atoms with E-state index in [2.05, 4.69) is 50.6 Å². The van der Waals surface area contributed by atoms with Gasteiger partial charge in [-0.25, -0.2) is 9.97 Å². The van der Waals surface area contributed by atoms with Crippen molar-refractivity contribution >= 4 is 16.7 Å². The second kappa shape index (κ2) is 7.80. The average Bonchev–Trinajstić information content (AvgIpc) is 3.36. The van der Waals surface area contributed by atoms with Crippen molar-refractivity contribution in [1.29, 1.82) is 5.26 Å². The van der Waals surface area contributed by atoms with Gasteiger partial charge in [0.15, 0.2) is 11.5 Å². The van der Waals surface area contributed by atoms with E-state index in [0.717, 1.165) is 28.9 Å². The molecule has 0 unspecified atom stereocenters. The van der Waals surface area contributed by atoms with Crippen LogP contribution >= 0.6 is 0 Å². The summed E-state index contributed by atoms with van der Waals surface area (Å²) in [6.07, 6.45) is 10.9. The van der Waals surface area contributed by atoms with Gasteiger partial charge in [-0.15, -0.1) is 5.10 Å². The zero-order valence-corrected chi connectivity index (χ0v) is 17.5. The van der Waals surface area contributed by atoms with Crippen LogP contribution in [0.5, 0.6) is 0 Å². The van der Waals surface area contributed by atoms with Gasteiger partial charge in [-0.05, 0) is 38.7 Å². The van der Waals surface area contributed by atoms with Crippen LogP contribution in [0.15, 0.2) is 36.9 Å². The van der Waals surface area contributed by atoms with Gasteiger partial charge >= 0.3 is 0 Å². The van der Waals surface area contributed by atoms with Crippen LogP contribution in [0.25, 0.3) is 28.1 Å². The Morgan fingerprint density at radius 3 is 2.81 bits per heavy atom. The normalized spacial score (nSPS) is 14.0. The van der Waals surface area contributed by atoms with Crippen molar-refractivity contribution in [3.8, 4) is 23.1 Å². The molecule has 9 nitrogen and oxygen atoms in total. The molecule has 1 fully saturated rings. The molecule has 0 aliphatic heterocycles. The van der Waals surface area contributed by atoms with Crippen molar-refractivity contribution in [1.82, 2.24) is 34.7 Å². The summed E-state index contributed by atoms with van der Waals surface area (Å²) in [5, 5.41) is 26.5. The molecule has 9 heteroatoms. The number of fused-ring (bicyclic) bond motifs is 1. The Morgan fingerprint density at radius 2 is 2.06 bits per heavy atom. The number of rotatable bonds is 6. The van der Waals surface area contributed by atoms with Crippen LogP contribution in [0.3, 0.4) is 0 Å². The molecule has 4 heterocycles. The molecule has 5 rings (SSSR count). The molecule has 0 saturated heterocycles. The lowest BCUT2D eigenvalue weighted by atomic mass is 9.85. The van der Waals surface area contributed by atoms with Gasteiger partial charge in [0.25, 0.3) is 0 Å². The van der Waals surface area contributed by atoms with Crippen LogP contribution in [0.1, 0.15) is 38.7 Å². The van der Waals surface area contributed by atoms with Gasteiger partial charge in [-0.2, -0.15) is 15.0 Å². The molecule has 31 heavy (non-hydrogen) atoms. The highest BCUT2D eigenvalue weighted by Crippen LogP contribution is 2.30. The Bertz CT molecular complexity index is 1270. The van der Waals surface area contributed by atoms with Gasteiger partial charge in [0.05, 0.1) is 18.0 Å². The zero-order chi connectivity index (χ0) is 21.4. The van der Waals surface area contributed by atoms with E-state index in [9.17, 15) is 0 Å². The number of nitriles is 1. The topological polar surface area (TPSA) is 110 Å². The standard InChI is InChI=1S/C22H23N9/c1-14(2)27-19-7-21(31-22-17(10-26-31)6-16(8-23)9-25-22)24-11-18(19)20-13-30(29-28-20)12-15-4-3-5-15/h6-7,9-11,13-15H,3-5,12H2,1-2H3,(H,24,27). The third-order valence-corrected chi connectivity index (χ3v) is 5.57. The van der Waals surface area contributed by atoms with E-state index in [0.29, 0.717) is 22.9 Å². The predicted molar refractivity (Wildman–Crippen MR) is 116 cm³/mol. The van der Waals surface area contributed by atoms with Crippen LogP contribution in [-0.4, -0.2) is 40.8 Å². The van der Waals surface area contributed by atoms with Gasteiger partial charge in [0.1, 0.15) is 11.8 Å². The highest BCUT2D eigenvalue weighted by atomic mass is 15.4. The zero-order valence-electron chi connectivity index (χ0n) is 17.5. The van der Waals surface area contributed by atoms with Crippen LogP contribution in [0.4, 0.5) is 5.69 Å². The molecule has 1 saturated carbocycles.